The van der Waals surface area contributed by atoms with Gasteiger partial charge in [-0.3, -0.25) is 4.68 Å². The highest BCUT2D eigenvalue weighted by molar-refractivity contribution is 9.10. The van der Waals surface area contributed by atoms with Crippen LogP contribution in [0.4, 0.5) is 0 Å². The van der Waals surface area contributed by atoms with Gasteiger partial charge < -0.3 is 10.1 Å². The number of ether oxygens (including phenoxy) is 1. The molecule has 0 bridgehead atoms. The fourth-order valence-corrected chi connectivity index (χ4v) is 2.72. The van der Waals surface area contributed by atoms with Crippen molar-refractivity contribution in [1.29, 1.82) is 0 Å². The number of nitrogens with zero attached hydrogens (tertiary/aromatic N) is 2. The lowest BCUT2D eigenvalue weighted by Crippen LogP contribution is -2.13. The number of halogens is 1. The minimum atomic E-state index is 0.537. The topological polar surface area (TPSA) is 39.1 Å². The molecule has 5 heteroatoms. The summed E-state index contributed by atoms with van der Waals surface area (Å²) < 4.78 is 8.87. The Morgan fingerprint density at radius 1 is 1.40 bits per heavy atom. The third-order valence-electron chi connectivity index (χ3n) is 3.02. The first kappa shape index (κ1) is 15.1. The monoisotopic (exact) mass is 337 g/mol. The van der Waals surface area contributed by atoms with Gasteiger partial charge in [0.2, 0.25) is 0 Å². The number of aromatic nitrogens is 2. The van der Waals surface area contributed by atoms with E-state index < -0.39 is 0 Å². The van der Waals surface area contributed by atoms with E-state index in [1.165, 1.54) is 5.56 Å². The van der Waals surface area contributed by atoms with Crippen molar-refractivity contribution in [1.82, 2.24) is 15.1 Å². The Bertz CT molecular complexity index is 580. The molecule has 1 N–H and O–H groups in total. The largest absolute Gasteiger partial charge is 0.488 e. The smallest absolute Gasteiger partial charge is 0.127 e. The maximum atomic E-state index is 6.01. The minimum Gasteiger partial charge on any atom is -0.488 e. The van der Waals surface area contributed by atoms with Crippen LogP contribution in [0.5, 0.6) is 5.75 Å². The lowest BCUT2D eigenvalue weighted by molar-refractivity contribution is 0.300. The van der Waals surface area contributed by atoms with Crippen molar-refractivity contribution in [3.63, 3.8) is 0 Å². The summed E-state index contributed by atoms with van der Waals surface area (Å²) in [5.41, 5.74) is 3.38. The first-order valence-corrected chi connectivity index (χ1v) is 7.49. The van der Waals surface area contributed by atoms with Gasteiger partial charge in [0, 0.05) is 35.4 Å². The number of aryl methyl sites for hydroxylation is 2. The Balaban J connectivity index is 2.16. The Labute approximate surface area is 128 Å². The molecule has 0 aliphatic heterocycles. The number of nitrogens with one attached hydrogen (secondary N) is 1. The van der Waals surface area contributed by atoms with Gasteiger partial charge >= 0.3 is 0 Å². The summed E-state index contributed by atoms with van der Waals surface area (Å²) in [4.78, 5) is 0. The third-order valence-corrected chi connectivity index (χ3v) is 3.48. The quantitative estimate of drug-likeness (QED) is 0.879. The Morgan fingerprint density at radius 3 is 2.85 bits per heavy atom. The maximum Gasteiger partial charge on any atom is 0.127 e. The van der Waals surface area contributed by atoms with Crippen LogP contribution in [-0.2, 0) is 20.2 Å². The number of benzene rings is 1. The van der Waals surface area contributed by atoms with E-state index in [2.05, 4.69) is 52.3 Å². The van der Waals surface area contributed by atoms with E-state index in [1.54, 1.807) is 4.68 Å². The van der Waals surface area contributed by atoms with E-state index in [1.807, 2.05) is 19.4 Å². The van der Waals surface area contributed by atoms with Crippen molar-refractivity contribution in [2.45, 2.75) is 27.0 Å². The number of hydrogen-bond acceptors (Lipinski definition) is 3. The van der Waals surface area contributed by atoms with Gasteiger partial charge in [0.25, 0.3) is 0 Å². The summed E-state index contributed by atoms with van der Waals surface area (Å²) in [6.45, 7) is 6.45. The predicted molar refractivity (Wildman–Crippen MR) is 83.8 cm³/mol. The summed E-state index contributed by atoms with van der Waals surface area (Å²) >= 11 is 3.54. The molecule has 1 aromatic carbocycles. The molecule has 0 unspecified atom stereocenters. The van der Waals surface area contributed by atoms with Crippen LogP contribution in [-0.4, -0.2) is 16.3 Å². The molecule has 1 aromatic heterocycles. The lowest BCUT2D eigenvalue weighted by Gasteiger charge is -2.15. The van der Waals surface area contributed by atoms with Crippen molar-refractivity contribution in [3.8, 4) is 5.75 Å². The standard InChI is InChI=1S/C15H20BrN3O/c1-4-17-8-13-6-14(16)5-11(2)15(13)20-10-12-7-18-19(3)9-12/h5-7,9,17H,4,8,10H2,1-3H3. The van der Waals surface area contributed by atoms with Crippen LogP contribution in [0, 0.1) is 6.92 Å². The molecule has 1 heterocycles. The third kappa shape index (κ3) is 3.84. The lowest BCUT2D eigenvalue weighted by atomic mass is 10.1. The molecule has 0 aliphatic carbocycles. The molecule has 0 radical (unpaired) electrons. The molecule has 0 spiro atoms. The highest BCUT2D eigenvalue weighted by atomic mass is 79.9. The average Bonchev–Trinajstić information content (AvgIpc) is 2.80. The molecule has 0 aliphatic rings. The molecular formula is C15H20BrN3O. The van der Waals surface area contributed by atoms with Crippen LogP contribution in [0.2, 0.25) is 0 Å². The van der Waals surface area contributed by atoms with E-state index in [9.17, 15) is 0 Å². The minimum absolute atomic E-state index is 0.537. The highest BCUT2D eigenvalue weighted by Gasteiger charge is 2.09. The van der Waals surface area contributed by atoms with Crippen LogP contribution in [0.3, 0.4) is 0 Å². The fourth-order valence-electron chi connectivity index (χ4n) is 2.10. The fraction of sp³-hybridized carbons (Fsp3) is 0.400. The first-order valence-electron chi connectivity index (χ1n) is 6.70. The van der Waals surface area contributed by atoms with Gasteiger partial charge in [0.05, 0.1) is 6.20 Å². The molecule has 4 nitrogen and oxygen atoms in total. The molecule has 0 saturated carbocycles. The van der Waals surface area contributed by atoms with E-state index in [0.29, 0.717) is 6.61 Å². The van der Waals surface area contributed by atoms with Gasteiger partial charge in [-0.15, -0.1) is 0 Å². The molecule has 20 heavy (non-hydrogen) atoms. The van der Waals surface area contributed by atoms with Crippen molar-refractivity contribution in [3.05, 3.63) is 45.7 Å². The Morgan fingerprint density at radius 2 is 2.20 bits per heavy atom. The molecule has 2 aromatic rings. The molecular weight excluding hydrogens is 318 g/mol. The summed E-state index contributed by atoms with van der Waals surface area (Å²) in [5, 5.41) is 7.50. The van der Waals surface area contributed by atoms with E-state index >= 15 is 0 Å². The van der Waals surface area contributed by atoms with Gasteiger partial charge in [-0.25, -0.2) is 0 Å². The van der Waals surface area contributed by atoms with Gasteiger partial charge in [0.15, 0.2) is 0 Å². The second-order valence-corrected chi connectivity index (χ2v) is 5.72. The van der Waals surface area contributed by atoms with Crippen LogP contribution < -0.4 is 10.1 Å². The number of rotatable bonds is 6. The second kappa shape index (κ2) is 6.90. The van der Waals surface area contributed by atoms with Crippen LogP contribution in [0.25, 0.3) is 0 Å². The Kier molecular flexibility index (Phi) is 5.20. The predicted octanol–water partition coefficient (Wildman–Crippen LogP) is 3.18. The first-order chi connectivity index (χ1) is 9.60. The maximum absolute atomic E-state index is 6.01. The second-order valence-electron chi connectivity index (χ2n) is 4.80. The zero-order valence-electron chi connectivity index (χ0n) is 12.1. The zero-order chi connectivity index (χ0) is 14.5. The SMILES string of the molecule is CCNCc1cc(Br)cc(C)c1OCc1cnn(C)c1. The van der Waals surface area contributed by atoms with Crippen LogP contribution >= 0.6 is 15.9 Å². The summed E-state index contributed by atoms with van der Waals surface area (Å²) in [5.74, 6) is 0.956. The summed E-state index contributed by atoms with van der Waals surface area (Å²) in [6.07, 6.45) is 3.80. The van der Waals surface area contributed by atoms with E-state index in [0.717, 1.165) is 34.4 Å². The van der Waals surface area contributed by atoms with Crippen molar-refractivity contribution in [2.75, 3.05) is 6.54 Å². The van der Waals surface area contributed by atoms with Crippen molar-refractivity contribution in [2.24, 2.45) is 7.05 Å². The highest BCUT2D eigenvalue weighted by Crippen LogP contribution is 2.28. The van der Waals surface area contributed by atoms with Crippen molar-refractivity contribution >= 4 is 15.9 Å². The summed E-state index contributed by atoms with van der Waals surface area (Å²) in [6, 6.07) is 4.18. The number of hydrogen-bond donors (Lipinski definition) is 1. The van der Waals surface area contributed by atoms with Gasteiger partial charge in [0.1, 0.15) is 12.4 Å². The molecule has 0 fully saturated rings. The van der Waals surface area contributed by atoms with Gasteiger partial charge in [-0.1, -0.05) is 22.9 Å². The summed E-state index contributed by atoms with van der Waals surface area (Å²) in [7, 11) is 1.91. The molecule has 0 atom stereocenters. The zero-order valence-corrected chi connectivity index (χ0v) is 13.7. The van der Waals surface area contributed by atoms with Crippen molar-refractivity contribution < 1.29 is 4.74 Å². The molecule has 0 saturated heterocycles. The molecule has 2 rings (SSSR count). The van der Waals surface area contributed by atoms with E-state index in [-0.39, 0.29) is 0 Å². The molecule has 108 valence electrons. The van der Waals surface area contributed by atoms with Gasteiger partial charge in [-0.05, 0) is 31.2 Å². The molecule has 0 amide bonds. The van der Waals surface area contributed by atoms with Crippen LogP contribution in [0.1, 0.15) is 23.6 Å². The Hall–Kier alpha value is -1.33. The van der Waals surface area contributed by atoms with Crippen LogP contribution in [0.15, 0.2) is 29.0 Å². The van der Waals surface area contributed by atoms with E-state index in [4.69, 9.17) is 4.74 Å². The average molecular weight is 338 g/mol. The normalized spacial score (nSPS) is 10.8. The van der Waals surface area contributed by atoms with Gasteiger partial charge in [-0.2, -0.15) is 5.10 Å².